The van der Waals surface area contributed by atoms with Gasteiger partial charge in [-0.2, -0.15) is 5.10 Å². The lowest BCUT2D eigenvalue weighted by Gasteiger charge is -2.20. The van der Waals surface area contributed by atoms with Crippen molar-refractivity contribution in [2.75, 3.05) is 6.54 Å². The summed E-state index contributed by atoms with van der Waals surface area (Å²) in [6.07, 6.45) is 6.02. The molecule has 1 N–H and O–H groups in total. The second-order valence-corrected chi connectivity index (χ2v) is 6.52. The third-order valence-electron chi connectivity index (χ3n) is 3.11. The van der Waals surface area contributed by atoms with Crippen molar-refractivity contribution < 1.29 is 0 Å². The smallest absolute Gasteiger partial charge is 0.250 e. The Balaban J connectivity index is 1.95. The summed E-state index contributed by atoms with van der Waals surface area (Å²) in [6.45, 7) is 11.5. The molecule has 0 aromatic carbocycles. The molecule has 5 heteroatoms. The third kappa shape index (κ3) is 4.93. The van der Waals surface area contributed by atoms with Crippen molar-refractivity contribution in [3.05, 3.63) is 35.4 Å². The molecule has 0 bridgehead atoms. The van der Waals surface area contributed by atoms with Crippen molar-refractivity contribution in [3.63, 3.8) is 0 Å². The Kier molecular flexibility index (Phi) is 4.73. The van der Waals surface area contributed by atoms with Crippen molar-refractivity contribution in [2.45, 2.75) is 53.0 Å². The van der Waals surface area contributed by atoms with Gasteiger partial charge in [-0.1, -0.05) is 0 Å². The molecule has 0 unspecified atom stereocenters. The van der Waals surface area contributed by atoms with E-state index >= 15 is 0 Å². The van der Waals surface area contributed by atoms with E-state index in [-0.39, 0.29) is 5.54 Å². The Morgan fingerprint density at radius 2 is 1.81 bits per heavy atom. The maximum Gasteiger partial charge on any atom is 0.250 e. The van der Waals surface area contributed by atoms with E-state index in [0.29, 0.717) is 5.95 Å². The lowest BCUT2D eigenvalue weighted by molar-refractivity contribution is 0.422. The standard InChI is InChI=1S/C16H25N5/c1-12-9-13(2)20-15(19-12)21-11-14(10-18-21)7-6-8-17-16(3,4)5/h9-11,17H,6-8H2,1-5H3. The average Bonchev–Trinajstić information content (AvgIpc) is 2.81. The molecular formula is C16H25N5. The summed E-state index contributed by atoms with van der Waals surface area (Å²) in [5.41, 5.74) is 3.32. The quantitative estimate of drug-likeness (QED) is 0.859. The lowest BCUT2D eigenvalue weighted by atomic mass is 10.1. The number of hydrogen-bond donors (Lipinski definition) is 1. The molecular weight excluding hydrogens is 262 g/mol. The Labute approximate surface area is 126 Å². The minimum atomic E-state index is 0.178. The summed E-state index contributed by atoms with van der Waals surface area (Å²) >= 11 is 0. The molecule has 0 aliphatic rings. The van der Waals surface area contributed by atoms with Crippen molar-refractivity contribution in [1.82, 2.24) is 25.1 Å². The Morgan fingerprint density at radius 3 is 2.43 bits per heavy atom. The van der Waals surface area contributed by atoms with Gasteiger partial charge in [0.05, 0.1) is 6.20 Å². The molecule has 2 aromatic heterocycles. The van der Waals surface area contributed by atoms with Gasteiger partial charge >= 0.3 is 0 Å². The maximum absolute atomic E-state index is 4.42. The zero-order chi connectivity index (χ0) is 15.5. The molecule has 114 valence electrons. The van der Waals surface area contributed by atoms with Crippen LogP contribution in [0.15, 0.2) is 18.5 Å². The highest BCUT2D eigenvalue weighted by Crippen LogP contribution is 2.08. The number of nitrogens with one attached hydrogen (secondary N) is 1. The van der Waals surface area contributed by atoms with Gasteiger partial charge in [0.25, 0.3) is 5.95 Å². The van der Waals surface area contributed by atoms with Crippen LogP contribution >= 0.6 is 0 Å². The monoisotopic (exact) mass is 287 g/mol. The molecule has 0 amide bonds. The SMILES string of the molecule is Cc1cc(C)nc(-n2cc(CCCNC(C)(C)C)cn2)n1. The fraction of sp³-hybridized carbons (Fsp3) is 0.562. The molecule has 0 atom stereocenters. The second-order valence-electron chi connectivity index (χ2n) is 6.52. The number of nitrogens with zero attached hydrogens (tertiary/aromatic N) is 4. The first-order valence-electron chi connectivity index (χ1n) is 7.45. The molecule has 0 aliphatic carbocycles. The topological polar surface area (TPSA) is 55.6 Å². The van der Waals surface area contributed by atoms with Crippen LogP contribution < -0.4 is 5.32 Å². The van der Waals surface area contributed by atoms with Gasteiger partial charge in [-0.25, -0.2) is 14.6 Å². The molecule has 2 rings (SSSR count). The van der Waals surface area contributed by atoms with E-state index in [1.165, 1.54) is 5.56 Å². The molecule has 0 aliphatic heterocycles. The van der Waals surface area contributed by atoms with Crippen molar-refractivity contribution in [3.8, 4) is 5.95 Å². The van der Waals surface area contributed by atoms with Crippen LogP contribution in [-0.2, 0) is 6.42 Å². The molecule has 0 saturated heterocycles. The molecule has 2 heterocycles. The summed E-state index contributed by atoms with van der Waals surface area (Å²) in [6, 6.07) is 1.96. The Bertz CT molecular complexity index is 575. The highest BCUT2D eigenvalue weighted by Gasteiger charge is 2.08. The lowest BCUT2D eigenvalue weighted by Crippen LogP contribution is -2.36. The van der Waals surface area contributed by atoms with Gasteiger partial charge in [0.15, 0.2) is 0 Å². The van der Waals surface area contributed by atoms with Gasteiger partial charge in [0, 0.05) is 23.1 Å². The predicted octanol–water partition coefficient (Wildman–Crippen LogP) is 2.60. The van der Waals surface area contributed by atoms with Gasteiger partial charge < -0.3 is 5.32 Å². The summed E-state index contributed by atoms with van der Waals surface area (Å²) in [7, 11) is 0. The van der Waals surface area contributed by atoms with Gasteiger partial charge in [0.1, 0.15) is 0 Å². The van der Waals surface area contributed by atoms with Crippen LogP contribution in [0.5, 0.6) is 0 Å². The van der Waals surface area contributed by atoms with Crippen LogP contribution in [0.25, 0.3) is 5.95 Å². The minimum absolute atomic E-state index is 0.178. The van der Waals surface area contributed by atoms with E-state index in [4.69, 9.17) is 0 Å². The molecule has 0 saturated carbocycles. The average molecular weight is 287 g/mol. The van der Waals surface area contributed by atoms with Crippen molar-refractivity contribution in [2.24, 2.45) is 0 Å². The Hall–Kier alpha value is -1.75. The molecule has 0 spiro atoms. The van der Waals surface area contributed by atoms with Gasteiger partial charge in [0.2, 0.25) is 0 Å². The summed E-state index contributed by atoms with van der Waals surface area (Å²) < 4.78 is 1.76. The Morgan fingerprint density at radius 1 is 1.14 bits per heavy atom. The highest BCUT2D eigenvalue weighted by atomic mass is 15.3. The van der Waals surface area contributed by atoms with Gasteiger partial charge in [-0.05, 0) is 65.6 Å². The first kappa shape index (κ1) is 15.6. The summed E-state index contributed by atoms with van der Waals surface area (Å²) in [5, 5.41) is 7.86. The van der Waals surface area contributed by atoms with Crippen molar-refractivity contribution in [1.29, 1.82) is 0 Å². The van der Waals surface area contributed by atoms with E-state index in [2.05, 4.69) is 41.2 Å². The van der Waals surface area contributed by atoms with Crippen LogP contribution in [0.1, 0.15) is 44.1 Å². The highest BCUT2D eigenvalue weighted by molar-refractivity contribution is 5.19. The van der Waals surface area contributed by atoms with E-state index in [9.17, 15) is 0 Å². The number of hydrogen-bond acceptors (Lipinski definition) is 4. The number of aromatic nitrogens is 4. The third-order valence-corrected chi connectivity index (χ3v) is 3.11. The second kappa shape index (κ2) is 6.35. The molecule has 0 fully saturated rings. The van der Waals surface area contributed by atoms with E-state index < -0.39 is 0 Å². The maximum atomic E-state index is 4.42. The van der Waals surface area contributed by atoms with E-state index in [0.717, 1.165) is 30.8 Å². The zero-order valence-electron chi connectivity index (χ0n) is 13.6. The largest absolute Gasteiger partial charge is 0.312 e. The van der Waals surface area contributed by atoms with Crippen LogP contribution in [0.3, 0.4) is 0 Å². The molecule has 2 aromatic rings. The predicted molar refractivity (Wildman–Crippen MR) is 84.7 cm³/mol. The van der Waals surface area contributed by atoms with Crippen LogP contribution in [-0.4, -0.2) is 31.8 Å². The summed E-state index contributed by atoms with van der Waals surface area (Å²) in [5.74, 6) is 0.645. The molecule has 21 heavy (non-hydrogen) atoms. The van der Waals surface area contributed by atoms with E-state index in [1.54, 1.807) is 4.68 Å². The summed E-state index contributed by atoms with van der Waals surface area (Å²) in [4.78, 5) is 8.85. The van der Waals surface area contributed by atoms with E-state index in [1.807, 2.05) is 32.3 Å². The first-order valence-corrected chi connectivity index (χ1v) is 7.45. The van der Waals surface area contributed by atoms with Gasteiger partial charge in [-0.15, -0.1) is 0 Å². The fourth-order valence-corrected chi connectivity index (χ4v) is 2.16. The number of rotatable bonds is 5. The number of aryl methyl sites for hydroxylation is 3. The van der Waals surface area contributed by atoms with Gasteiger partial charge in [-0.3, -0.25) is 0 Å². The first-order chi connectivity index (χ1) is 9.83. The zero-order valence-corrected chi connectivity index (χ0v) is 13.6. The normalized spacial score (nSPS) is 11.9. The fourth-order valence-electron chi connectivity index (χ4n) is 2.16. The van der Waals surface area contributed by atoms with Crippen molar-refractivity contribution >= 4 is 0 Å². The molecule has 5 nitrogen and oxygen atoms in total. The minimum Gasteiger partial charge on any atom is -0.312 e. The molecule has 0 radical (unpaired) electrons. The van der Waals surface area contributed by atoms with Crippen LogP contribution in [0.2, 0.25) is 0 Å². The van der Waals surface area contributed by atoms with Crippen LogP contribution in [0.4, 0.5) is 0 Å². The van der Waals surface area contributed by atoms with Crippen LogP contribution in [0, 0.1) is 13.8 Å².